The highest BCUT2D eigenvalue weighted by atomic mass is 19.4. The van der Waals surface area contributed by atoms with Gasteiger partial charge in [0.15, 0.2) is 0 Å². The van der Waals surface area contributed by atoms with Gasteiger partial charge < -0.3 is 10.4 Å². The third-order valence-electron chi connectivity index (χ3n) is 4.15. The number of aromatic nitrogens is 3. The van der Waals surface area contributed by atoms with Gasteiger partial charge >= 0.3 is 12.1 Å². The molecule has 0 bridgehead atoms. The maximum absolute atomic E-state index is 13.1. The van der Waals surface area contributed by atoms with Crippen LogP contribution in [0.4, 0.5) is 18.9 Å². The van der Waals surface area contributed by atoms with E-state index in [9.17, 15) is 27.9 Å². The summed E-state index contributed by atoms with van der Waals surface area (Å²) in [5.41, 5.74) is -0.548. The van der Waals surface area contributed by atoms with Crippen molar-refractivity contribution in [3.8, 4) is 5.69 Å². The molecular formula is C19H15F3N4O3. The first-order chi connectivity index (χ1) is 13.8. The Balaban J connectivity index is 1.89. The summed E-state index contributed by atoms with van der Waals surface area (Å²) in [5.74, 6) is -3.11. The molecule has 2 aromatic carbocycles. The summed E-state index contributed by atoms with van der Waals surface area (Å²) in [6.45, 7) is 0. The van der Waals surface area contributed by atoms with Gasteiger partial charge in [-0.3, -0.25) is 9.59 Å². The third kappa shape index (κ3) is 4.78. The molecule has 1 aromatic heterocycles. The minimum absolute atomic E-state index is 0.160. The van der Waals surface area contributed by atoms with Gasteiger partial charge in [-0.1, -0.05) is 30.3 Å². The Labute approximate surface area is 162 Å². The van der Waals surface area contributed by atoms with Gasteiger partial charge in [-0.25, -0.2) is 9.67 Å². The van der Waals surface area contributed by atoms with Crippen LogP contribution in [-0.4, -0.2) is 31.7 Å². The molecule has 3 aromatic rings. The standard InChI is InChI=1S/C19H15F3N4O3/c20-19(21,22)13-6-7-16(26-11-23-10-24-26)15(8-13)25-17(27)9-14(18(28)29)12-4-2-1-3-5-12/h1-8,10-11,14H,9H2,(H,25,27)(H,28,29). The first kappa shape index (κ1) is 20.1. The summed E-state index contributed by atoms with van der Waals surface area (Å²) in [5, 5.41) is 15.7. The molecule has 3 rings (SSSR count). The van der Waals surface area contributed by atoms with Crippen LogP contribution in [0.3, 0.4) is 0 Å². The van der Waals surface area contributed by atoms with Gasteiger partial charge in [0.1, 0.15) is 12.7 Å². The van der Waals surface area contributed by atoms with Gasteiger partial charge in [0.25, 0.3) is 0 Å². The zero-order valence-electron chi connectivity index (χ0n) is 14.8. The molecule has 1 heterocycles. The minimum Gasteiger partial charge on any atom is -0.481 e. The van der Waals surface area contributed by atoms with Gasteiger partial charge in [-0.05, 0) is 23.8 Å². The number of hydrogen-bond donors (Lipinski definition) is 2. The molecule has 1 atom stereocenters. The molecule has 150 valence electrons. The predicted octanol–water partition coefficient (Wildman–Crippen LogP) is 3.48. The number of nitrogens with zero attached hydrogens (tertiary/aromatic N) is 3. The highest BCUT2D eigenvalue weighted by molar-refractivity contribution is 5.96. The lowest BCUT2D eigenvalue weighted by molar-refractivity contribution is -0.140. The molecule has 0 radical (unpaired) electrons. The van der Waals surface area contributed by atoms with Crippen LogP contribution in [0.2, 0.25) is 0 Å². The second-order valence-electron chi connectivity index (χ2n) is 6.12. The van der Waals surface area contributed by atoms with E-state index in [1.54, 1.807) is 30.3 Å². The Hall–Kier alpha value is -3.69. The molecular weight excluding hydrogens is 389 g/mol. The Morgan fingerprint density at radius 1 is 1.14 bits per heavy atom. The minimum atomic E-state index is -4.62. The lowest BCUT2D eigenvalue weighted by Gasteiger charge is -2.16. The second-order valence-corrected chi connectivity index (χ2v) is 6.12. The molecule has 0 spiro atoms. The fourth-order valence-corrected chi connectivity index (χ4v) is 2.76. The molecule has 10 heteroatoms. The summed E-state index contributed by atoms with van der Waals surface area (Å²) in [6, 6.07) is 10.9. The van der Waals surface area contributed by atoms with Gasteiger partial charge in [-0.15, -0.1) is 0 Å². The van der Waals surface area contributed by atoms with Crippen molar-refractivity contribution in [3.63, 3.8) is 0 Å². The van der Waals surface area contributed by atoms with Crippen molar-refractivity contribution in [1.29, 1.82) is 0 Å². The van der Waals surface area contributed by atoms with Crippen LogP contribution in [0, 0.1) is 0 Å². The zero-order chi connectivity index (χ0) is 21.0. The van der Waals surface area contributed by atoms with E-state index in [0.29, 0.717) is 5.56 Å². The molecule has 2 N–H and O–H groups in total. The number of hydrogen-bond acceptors (Lipinski definition) is 4. The van der Waals surface area contributed by atoms with E-state index >= 15 is 0 Å². The number of anilines is 1. The highest BCUT2D eigenvalue weighted by Crippen LogP contribution is 2.33. The molecule has 1 unspecified atom stereocenters. The summed E-state index contributed by atoms with van der Waals surface area (Å²) in [7, 11) is 0. The molecule has 0 aliphatic carbocycles. The number of rotatable bonds is 6. The van der Waals surface area contributed by atoms with Crippen LogP contribution in [0.5, 0.6) is 0 Å². The third-order valence-corrected chi connectivity index (χ3v) is 4.15. The summed E-state index contributed by atoms with van der Waals surface area (Å²) >= 11 is 0. The normalized spacial score (nSPS) is 12.4. The number of benzene rings is 2. The second kappa shape index (κ2) is 8.13. The SMILES string of the molecule is O=C(CC(C(=O)O)c1ccccc1)Nc1cc(C(F)(F)F)ccc1-n1cncn1. The van der Waals surface area contributed by atoms with Gasteiger partial charge in [0, 0.05) is 6.42 Å². The molecule has 0 aliphatic heterocycles. The number of carbonyl (C=O) groups is 2. The lowest BCUT2D eigenvalue weighted by atomic mass is 9.95. The highest BCUT2D eigenvalue weighted by Gasteiger charge is 2.32. The number of carboxylic acid groups (broad SMARTS) is 1. The Kier molecular flexibility index (Phi) is 5.62. The average Bonchev–Trinajstić information content (AvgIpc) is 3.20. The maximum atomic E-state index is 13.1. The predicted molar refractivity (Wildman–Crippen MR) is 96.4 cm³/mol. The molecule has 0 saturated carbocycles. The zero-order valence-corrected chi connectivity index (χ0v) is 14.8. The number of nitrogens with one attached hydrogen (secondary N) is 1. The van der Waals surface area contributed by atoms with Crippen LogP contribution in [0.1, 0.15) is 23.5 Å². The fourth-order valence-electron chi connectivity index (χ4n) is 2.76. The van der Waals surface area contributed by atoms with Gasteiger partial charge in [0.2, 0.25) is 5.91 Å². The average molecular weight is 404 g/mol. The van der Waals surface area contributed by atoms with Crippen molar-refractivity contribution < 1.29 is 27.9 Å². The van der Waals surface area contributed by atoms with E-state index in [0.717, 1.165) is 18.2 Å². The number of halogens is 3. The largest absolute Gasteiger partial charge is 0.481 e. The van der Waals surface area contributed by atoms with Crippen molar-refractivity contribution in [3.05, 3.63) is 72.3 Å². The van der Waals surface area contributed by atoms with Crippen LogP contribution < -0.4 is 5.32 Å². The molecule has 0 fully saturated rings. The topological polar surface area (TPSA) is 97.1 Å². The van der Waals surface area contributed by atoms with Gasteiger partial charge in [-0.2, -0.15) is 18.3 Å². The van der Waals surface area contributed by atoms with E-state index < -0.39 is 36.0 Å². The van der Waals surface area contributed by atoms with E-state index in [1.807, 2.05) is 0 Å². The lowest BCUT2D eigenvalue weighted by Crippen LogP contribution is -2.22. The molecule has 0 aliphatic rings. The monoisotopic (exact) mass is 404 g/mol. The fraction of sp³-hybridized carbons (Fsp3) is 0.158. The molecule has 1 amide bonds. The number of amides is 1. The molecule has 7 nitrogen and oxygen atoms in total. The van der Waals surface area contributed by atoms with E-state index in [4.69, 9.17) is 0 Å². The van der Waals surface area contributed by atoms with Crippen molar-refractivity contribution in [2.45, 2.75) is 18.5 Å². The van der Waals surface area contributed by atoms with Crippen molar-refractivity contribution in [2.75, 3.05) is 5.32 Å². The summed E-state index contributed by atoms with van der Waals surface area (Å²) < 4.78 is 40.5. The number of alkyl halides is 3. The van der Waals surface area contributed by atoms with Crippen LogP contribution in [0.25, 0.3) is 5.69 Å². The Morgan fingerprint density at radius 2 is 1.86 bits per heavy atom. The quantitative estimate of drug-likeness (QED) is 0.656. The molecule has 0 saturated heterocycles. The maximum Gasteiger partial charge on any atom is 0.416 e. The van der Waals surface area contributed by atoms with Crippen LogP contribution in [-0.2, 0) is 15.8 Å². The number of carboxylic acids is 1. The summed E-state index contributed by atoms with van der Waals surface area (Å²) in [6.07, 6.45) is -2.61. The van der Waals surface area contributed by atoms with Crippen LogP contribution in [0.15, 0.2) is 61.2 Å². The Bertz CT molecular complexity index is 1010. The van der Waals surface area contributed by atoms with E-state index in [1.165, 1.54) is 17.3 Å². The van der Waals surface area contributed by atoms with Crippen LogP contribution >= 0.6 is 0 Å². The smallest absolute Gasteiger partial charge is 0.416 e. The first-order valence-corrected chi connectivity index (χ1v) is 8.39. The Morgan fingerprint density at radius 3 is 2.45 bits per heavy atom. The first-order valence-electron chi connectivity index (χ1n) is 8.39. The van der Waals surface area contributed by atoms with Crippen molar-refractivity contribution in [2.24, 2.45) is 0 Å². The number of carbonyl (C=O) groups excluding carboxylic acids is 1. The van der Waals surface area contributed by atoms with Crippen molar-refractivity contribution in [1.82, 2.24) is 14.8 Å². The van der Waals surface area contributed by atoms with Crippen molar-refractivity contribution >= 4 is 17.6 Å². The van der Waals surface area contributed by atoms with Gasteiger partial charge in [0.05, 0.1) is 22.9 Å². The summed E-state index contributed by atoms with van der Waals surface area (Å²) in [4.78, 5) is 27.8. The molecule has 29 heavy (non-hydrogen) atoms. The van der Waals surface area contributed by atoms with E-state index in [2.05, 4.69) is 15.4 Å². The van der Waals surface area contributed by atoms with E-state index in [-0.39, 0.29) is 11.4 Å². The number of aliphatic carboxylic acids is 1.